The third-order valence-electron chi connectivity index (χ3n) is 4.61. The van der Waals surface area contributed by atoms with Gasteiger partial charge in [-0.15, -0.1) is 0 Å². The predicted molar refractivity (Wildman–Crippen MR) is 102 cm³/mol. The van der Waals surface area contributed by atoms with Gasteiger partial charge in [0.25, 0.3) is 0 Å². The molecule has 1 aromatic carbocycles. The van der Waals surface area contributed by atoms with E-state index in [1.165, 1.54) is 37.9 Å². The Hall–Kier alpha value is -2.34. The van der Waals surface area contributed by atoms with Crippen LogP contribution in [0.3, 0.4) is 0 Å². The molecular formula is C19H28N6. The van der Waals surface area contributed by atoms with Crippen LogP contribution >= 0.6 is 0 Å². The molecule has 0 unspecified atom stereocenters. The van der Waals surface area contributed by atoms with Gasteiger partial charge in [-0.3, -0.25) is 4.99 Å². The number of aromatic nitrogens is 2. The first-order chi connectivity index (χ1) is 12.4. The molecule has 0 aliphatic carbocycles. The van der Waals surface area contributed by atoms with E-state index in [9.17, 15) is 0 Å². The summed E-state index contributed by atoms with van der Waals surface area (Å²) in [5, 5.41) is 6.83. The van der Waals surface area contributed by atoms with Crippen LogP contribution in [0.15, 0.2) is 48.0 Å². The highest BCUT2D eigenvalue weighted by Gasteiger charge is 2.09. The number of benzene rings is 1. The van der Waals surface area contributed by atoms with E-state index in [1.807, 2.05) is 30.2 Å². The molecule has 2 N–H and O–H groups in total. The predicted octanol–water partition coefficient (Wildman–Crippen LogP) is 2.02. The van der Waals surface area contributed by atoms with Crippen molar-refractivity contribution in [2.24, 2.45) is 4.99 Å². The standard InChI is InChI=1S/C19H28N6/c1-20-19(22-10-13-24-11-5-2-6-12-24)23-15-17-7-3-4-8-18(17)25-14-9-21-16-25/h3-4,7-9,14,16H,2,5-6,10-13,15H2,1H3,(H2,20,22,23). The van der Waals surface area contributed by atoms with E-state index in [-0.39, 0.29) is 0 Å². The summed E-state index contributed by atoms with van der Waals surface area (Å²) in [6.07, 6.45) is 9.62. The van der Waals surface area contributed by atoms with Gasteiger partial charge >= 0.3 is 0 Å². The first kappa shape index (κ1) is 17.5. The average Bonchev–Trinajstić information content (AvgIpc) is 3.20. The highest BCUT2D eigenvalue weighted by molar-refractivity contribution is 5.79. The van der Waals surface area contributed by atoms with Gasteiger partial charge < -0.3 is 20.1 Å². The summed E-state index contributed by atoms with van der Waals surface area (Å²) in [6, 6.07) is 8.34. The second kappa shape index (κ2) is 9.22. The lowest BCUT2D eigenvalue weighted by Crippen LogP contribution is -2.42. The Bertz CT molecular complexity index is 658. The van der Waals surface area contributed by atoms with Crippen LogP contribution in [0, 0.1) is 0 Å². The summed E-state index contributed by atoms with van der Waals surface area (Å²) < 4.78 is 2.03. The Kier molecular flexibility index (Phi) is 6.45. The zero-order valence-electron chi connectivity index (χ0n) is 15.0. The number of nitrogens with one attached hydrogen (secondary N) is 2. The Morgan fingerprint density at radius 3 is 2.76 bits per heavy atom. The third-order valence-corrected chi connectivity index (χ3v) is 4.61. The number of likely N-dealkylation sites (tertiary alicyclic amines) is 1. The first-order valence-corrected chi connectivity index (χ1v) is 9.10. The Morgan fingerprint density at radius 1 is 1.16 bits per heavy atom. The van der Waals surface area contributed by atoms with Gasteiger partial charge in [0.05, 0.1) is 12.0 Å². The minimum atomic E-state index is 0.720. The van der Waals surface area contributed by atoms with Crippen molar-refractivity contribution in [2.45, 2.75) is 25.8 Å². The fourth-order valence-corrected chi connectivity index (χ4v) is 3.23. The van der Waals surface area contributed by atoms with E-state index < -0.39 is 0 Å². The third kappa shape index (κ3) is 5.06. The highest BCUT2D eigenvalue weighted by atomic mass is 15.2. The monoisotopic (exact) mass is 340 g/mol. The number of aliphatic imine (C=N–C) groups is 1. The molecular weight excluding hydrogens is 312 g/mol. The Morgan fingerprint density at radius 2 is 2.00 bits per heavy atom. The second-order valence-electron chi connectivity index (χ2n) is 6.35. The van der Waals surface area contributed by atoms with E-state index in [0.717, 1.165) is 31.3 Å². The van der Waals surface area contributed by atoms with Gasteiger partial charge in [-0.05, 0) is 37.6 Å². The van der Waals surface area contributed by atoms with Crippen LogP contribution in [0.25, 0.3) is 5.69 Å². The molecule has 0 radical (unpaired) electrons. The fourth-order valence-electron chi connectivity index (χ4n) is 3.23. The first-order valence-electron chi connectivity index (χ1n) is 9.10. The lowest BCUT2D eigenvalue weighted by atomic mass is 10.1. The maximum Gasteiger partial charge on any atom is 0.191 e. The van der Waals surface area contributed by atoms with Crippen molar-refractivity contribution in [1.29, 1.82) is 0 Å². The smallest absolute Gasteiger partial charge is 0.191 e. The van der Waals surface area contributed by atoms with Gasteiger partial charge in [0.2, 0.25) is 0 Å². The van der Waals surface area contributed by atoms with Gasteiger partial charge in [-0.25, -0.2) is 4.98 Å². The van der Waals surface area contributed by atoms with E-state index in [0.29, 0.717) is 0 Å². The number of para-hydroxylation sites is 1. The molecule has 1 aliphatic rings. The largest absolute Gasteiger partial charge is 0.355 e. The molecule has 2 aromatic rings. The van der Waals surface area contributed by atoms with E-state index in [4.69, 9.17) is 0 Å². The molecule has 1 aromatic heterocycles. The summed E-state index contributed by atoms with van der Waals surface area (Å²) in [5.74, 6) is 0.845. The van der Waals surface area contributed by atoms with Crippen molar-refractivity contribution >= 4 is 5.96 Å². The van der Waals surface area contributed by atoms with Crippen molar-refractivity contribution in [3.8, 4) is 5.69 Å². The molecule has 0 spiro atoms. The quantitative estimate of drug-likeness (QED) is 0.624. The minimum Gasteiger partial charge on any atom is -0.355 e. The fraction of sp³-hybridized carbons (Fsp3) is 0.474. The Balaban J connectivity index is 1.50. The molecule has 2 heterocycles. The molecule has 25 heavy (non-hydrogen) atoms. The number of guanidine groups is 1. The van der Waals surface area contributed by atoms with Gasteiger partial charge in [-0.1, -0.05) is 24.6 Å². The maximum atomic E-state index is 4.33. The lowest BCUT2D eigenvalue weighted by molar-refractivity contribution is 0.232. The summed E-state index contributed by atoms with van der Waals surface area (Å²) in [5.41, 5.74) is 2.34. The zero-order valence-corrected chi connectivity index (χ0v) is 15.0. The van der Waals surface area contributed by atoms with Crippen molar-refractivity contribution in [3.63, 3.8) is 0 Å². The molecule has 1 fully saturated rings. The molecule has 0 atom stereocenters. The van der Waals surface area contributed by atoms with E-state index >= 15 is 0 Å². The van der Waals surface area contributed by atoms with Gasteiger partial charge in [0.15, 0.2) is 5.96 Å². The summed E-state index contributed by atoms with van der Waals surface area (Å²) in [6.45, 7) is 5.17. The SMILES string of the molecule is CN=C(NCCN1CCCCC1)NCc1ccccc1-n1ccnc1. The topological polar surface area (TPSA) is 57.5 Å². The van der Waals surface area contributed by atoms with Gasteiger partial charge in [0.1, 0.15) is 0 Å². The van der Waals surface area contributed by atoms with Crippen LogP contribution in [-0.4, -0.2) is 53.6 Å². The van der Waals surface area contributed by atoms with E-state index in [1.54, 1.807) is 6.20 Å². The molecule has 6 heteroatoms. The second-order valence-corrected chi connectivity index (χ2v) is 6.35. The van der Waals surface area contributed by atoms with Crippen molar-refractivity contribution in [1.82, 2.24) is 25.1 Å². The molecule has 134 valence electrons. The molecule has 6 nitrogen and oxygen atoms in total. The number of rotatable bonds is 6. The van der Waals surface area contributed by atoms with Crippen LogP contribution in [-0.2, 0) is 6.54 Å². The molecule has 0 bridgehead atoms. The summed E-state index contributed by atoms with van der Waals surface area (Å²) in [4.78, 5) is 11.0. The minimum absolute atomic E-state index is 0.720. The molecule has 3 rings (SSSR count). The number of nitrogens with zero attached hydrogens (tertiary/aromatic N) is 4. The highest BCUT2D eigenvalue weighted by Crippen LogP contribution is 2.13. The molecule has 0 saturated carbocycles. The van der Waals surface area contributed by atoms with Crippen LogP contribution in [0.2, 0.25) is 0 Å². The van der Waals surface area contributed by atoms with Crippen LogP contribution in [0.5, 0.6) is 0 Å². The Labute approximate surface area is 150 Å². The summed E-state index contributed by atoms with van der Waals surface area (Å²) >= 11 is 0. The average molecular weight is 340 g/mol. The number of hydrogen-bond acceptors (Lipinski definition) is 3. The van der Waals surface area contributed by atoms with Crippen molar-refractivity contribution in [3.05, 3.63) is 48.5 Å². The van der Waals surface area contributed by atoms with Crippen LogP contribution < -0.4 is 10.6 Å². The van der Waals surface area contributed by atoms with Crippen LogP contribution in [0.1, 0.15) is 24.8 Å². The molecule has 1 aliphatic heterocycles. The van der Waals surface area contributed by atoms with Crippen LogP contribution in [0.4, 0.5) is 0 Å². The normalized spacial score (nSPS) is 16.0. The van der Waals surface area contributed by atoms with E-state index in [2.05, 4.69) is 43.7 Å². The number of hydrogen-bond donors (Lipinski definition) is 2. The molecule has 0 amide bonds. The maximum absolute atomic E-state index is 4.33. The van der Waals surface area contributed by atoms with Crippen molar-refractivity contribution in [2.75, 3.05) is 33.2 Å². The zero-order chi connectivity index (χ0) is 17.3. The van der Waals surface area contributed by atoms with Gasteiger partial charge in [-0.2, -0.15) is 0 Å². The molecule has 1 saturated heterocycles. The summed E-state index contributed by atoms with van der Waals surface area (Å²) in [7, 11) is 1.82. The van der Waals surface area contributed by atoms with Gasteiger partial charge in [0, 0.05) is 39.1 Å². The number of piperidine rings is 1. The lowest BCUT2D eigenvalue weighted by Gasteiger charge is -2.26. The van der Waals surface area contributed by atoms with Crippen molar-refractivity contribution < 1.29 is 0 Å². The number of imidazole rings is 1.